The minimum Gasteiger partial charge on any atom is -0.339 e. The number of hydrogen-bond acceptors (Lipinski definition) is 4. The molecule has 2 aromatic heterocycles. The van der Waals surface area contributed by atoms with E-state index < -0.39 is 6.04 Å². The van der Waals surface area contributed by atoms with Crippen LogP contribution in [0.15, 0.2) is 48.8 Å². The summed E-state index contributed by atoms with van der Waals surface area (Å²) in [5, 5.41) is 10.6. The van der Waals surface area contributed by atoms with Gasteiger partial charge in [-0.1, -0.05) is 43.0 Å². The molecule has 1 aliphatic carbocycles. The van der Waals surface area contributed by atoms with Crippen LogP contribution in [-0.2, 0) is 11.8 Å². The number of aromatic nitrogens is 3. The number of nitrogens with one attached hydrogen (secondary N) is 2. The van der Waals surface area contributed by atoms with Crippen molar-refractivity contribution in [3.63, 3.8) is 0 Å². The molecular formula is C25H28ClN5O2. The Balaban J connectivity index is 1.50. The fourth-order valence-electron chi connectivity index (χ4n) is 4.43. The van der Waals surface area contributed by atoms with Crippen LogP contribution < -0.4 is 10.6 Å². The first-order valence-corrected chi connectivity index (χ1v) is 11.6. The number of hydrogen-bond donors (Lipinski definition) is 2. The number of aryl methyl sites for hydroxylation is 2. The second-order valence-corrected chi connectivity index (χ2v) is 8.98. The van der Waals surface area contributed by atoms with Gasteiger partial charge in [0.2, 0.25) is 5.91 Å². The summed E-state index contributed by atoms with van der Waals surface area (Å²) in [6.45, 7) is 1.93. The zero-order valence-corrected chi connectivity index (χ0v) is 19.6. The van der Waals surface area contributed by atoms with Gasteiger partial charge in [-0.3, -0.25) is 19.3 Å². The Morgan fingerprint density at radius 1 is 1.12 bits per heavy atom. The molecule has 1 unspecified atom stereocenters. The number of rotatable bonds is 6. The van der Waals surface area contributed by atoms with E-state index in [0.717, 1.165) is 42.5 Å². The second kappa shape index (κ2) is 10.2. The molecule has 1 fully saturated rings. The average molecular weight is 466 g/mol. The third kappa shape index (κ3) is 5.42. The van der Waals surface area contributed by atoms with Crippen molar-refractivity contribution in [2.45, 2.75) is 45.1 Å². The van der Waals surface area contributed by atoms with Crippen LogP contribution in [0.3, 0.4) is 0 Å². The zero-order valence-electron chi connectivity index (χ0n) is 18.8. The maximum atomic E-state index is 13.3. The van der Waals surface area contributed by atoms with Gasteiger partial charge in [-0.15, -0.1) is 0 Å². The van der Waals surface area contributed by atoms with E-state index in [1.165, 1.54) is 11.1 Å². The lowest BCUT2D eigenvalue weighted by atomic mass is 9.83. The van der Waals surface area contributed by atoms with Gasteiger partial charge in [-0.05, 0) is 55.5 Å². The van der Waals surface area contributed by atoms with Crippen molar-refractivity contribution in [1.29, 1.82) is 0 Å². The number of anilines is 1. The Morgan fingerprint density at radius 3 is 2.52 bits per heavy atom. The first-order chi connectivity index (χ1) is 15.9. The molecule has 2 amide bonds. The van der Waals surface area contributed by atoms with Gasteiger partial charge in [0.15, 0.2) is 0 Å². The number of pyridine rings is 1. The van der Waals surface area contributed by atoms with E-state index >= 15 is 0 Å². The normalized spacial score (nSPS) is 15.1. The summed E-state index contributed by atoms with van der Waals surface area (Å²) in [7, 11) is 1.71. The summed E-state index contributed by atoms with van der Waals surface area (Å²) in [5.41, 5.74) is 3.90. The van der Waals surface area contributed by atoms with Crippen LogP contribution >= 0.6 is 11.6 Å². The standard InChI is InChI=1S/C25H28ClN5O2/c1-16-21(14-19(26)15-27-16)17-8-10-20(11-9-17)29-25(33)23(18-6-4-3-5-7-18)30-24(32)22-12-13-28-31(22)2/h8-15,18,23H,3-7H2,1-2H3,(H,29,33)(H,30,32). The molecule has 0 radical (unpaired) electrons. The number of halogens is 1. The van der Waals surface area contributed by atoms with E-state index in [-0.39, 0.29) is 17.7 Å². The Hall–Kier alpha value is -3.19. The number of amides is 2. The van der Waals surface area contributed by atoms with Gasteiger partial charge in [0.25, 0.3) is 5.91 Å². The lowest BCUT2D eigenvalue weighted by Crippen LogP contribution is -2.49. The van der Waals surface area contributed by atoms with E-state index in [0.29, 0.717) is 16.4 Å². The summed E-state index contributed by atoms with van der Waals surface area (Å²) in [4.78, 5) is 30.4. The van der Waals surface area contributed by atoms with Crippen LogP contribution in [0.1, 0.15) is 48.3 Å². The van der Waals surface area contributed by atoms with Crippen molar-refractivity contribution < 1.29 is 9.59 Å². The van der Waals surface area contributed by atoms with Crippen LogP contribution in [0, 0.1) is 12.8 Å². The van der Waals surface area contributed by atoms with Gasteiger partial charge >= 0.3 is 0 Å². The minimum absolute atomic E-state index is 0.107. The second-order valence-electron chi connectivity index (χ2n) is 8.54. The zero-order chi connectivity index (χ0) is 23.4. The van der Waals surface area contributed by atoms with E-state index in [2.05, 4.69) is 20.7 Å². The predicted molar refractivity (Wildman–Crippen MR) is 129 cm³/mol. The van der Waals surface area contributed by atoms with Crippen molar-refractivity contribution in [1.82, 2.24) is 20.1 Å². The third-order valence-electron chi connectivity index (χ3n) is 6.26. The Bertz CT molecular complexity index is 1140. The molecule has 0 bridgehead atoms. The van der Waals surface area contributed by atoms with Gasteiger partial charge in [0, 0.05) is 36.4 Å². The van der Waals surface area contributed by atoms with Crippen molar-refractivity contribution in [2.75, 3.05) is 5.32 Å². The number of carbonyl (C=O) groups is 2. The molecule has 3 aromatic rings. The number of benzene rings is 1. The molecule has 2 N–H and O–H groups in total. The summed E-state index contributed by atoms with van der Waals surface area (Å²) >= 11 is 6.10. The Morgan fingerprint density at radius 2 is 1.85 bits per heavy atom. The van der Waals surface area contributed by atoms with Crippen molar-refractivity contribution >= 4 is 29.1 Å². The van der Waals surface area contributed by atoms with E-state index in [9.17, 15) is 9.59 Å². The molecule has 0 spiro atoms. The maximum Gasteiger partial charge on any atom is 0.270 e. The highest BCUT2D eigenvalue weighted by molar-refractivity contribution is 6.30. The summed E-state index contributed by atoms with van der Waals surface area (Å²) in [6, 6.07) is 10.5. The first-order valence-electron chi connectivity index (χ1n) is 11.2. The molecule has 0 aliphatic heterocycles. The molecule has 8 heteroatoms. The molecule has 33 heavy (non-hydrogen) atoms. The van der Waals surface area contributed by atoms with Crippen LogP contribution in [0.5, 0.6) is 0 Å². The highest BCUT2D eigenvalue weighted by Crippen LogP contribution is 2.29. The molecular weight excluding hydrogens is 438 g/mol. The largest absolute Gasteiger partial charge is 0.339 e. The van der Waals surface area contributed by atoms with Crippen LogP contribution in [0.4, 0.5) is 5.69 Å². The molecule has 1 aliphatic rings. The van der Waals surface area contributed by atoms with Crippen LogP contribution in [0.2, 0.25) is 5.02 Å². The monoisotopic (exact) mass is 465 g/mol. The van der Waals surface area contributed by atoms with Crippen molar-refractivity contribution in [3.05, 3.63) is 65.2 Å². The summed E-state index contributed by atoms with van der Waals surface area (Å²) < 4.78 is 1.51. The Labute approximate surface area is 198 Å². The lowest BCUT2D eigenvalue weighted by molar-refractivity contribution is -0.119. The smallest absolute Gasteiger partial charge is 0.270 e. The highest BCUT2D eigenvalue weighted by atomic mass is 35.5. The van der Waals surface area contributed by atoms with Gasteiger partial charge in [-0.2, -0.15) is 5.10 Å². The number of nitrogens with zero attached hydrogens (tertiary/aromatic N) is 3. The van der Waals surface area contributed by atoms with Crippen molar-refractivity contribution in [3.8, 4) is 11.1 Å². The molecule has 172 valence electrons. The third-order valence-corrected chi connectivity index (χ3v) is 6.47. The fraction of sp³-hybridized carbons (Fsp3) is 0.360. The quantitative estimate of drug-likeness (QED) is 0.549. The maximum absolute atomic E-state index is 13.3. The van der Waals surface area contributed by atoms with Gasteiger partial charge in [0.1, 0.15) is 11.7 Å². The van der Waals surface area contributed by atoms with Gasteiger partial charge in [-0.25, -0.2) is 0 Å². The van der Waals surface area contributed by atoms with E-state index in [1.807, 2.05) is 37.3 Å². The predicted octanol–water partition coefficient (Wildman–Crippen LogP) is 4.76. The molecule has 0 saturated heterocycles. The van der Waals surface area contributed by atoms with E-state index in [1.54, 1.807) is 25.5 Å². The fourth-order valence-corrected chi connectivity index (χ4v) is 4.59. The molecule has 1 aromatic carbocycles. The Kier molecular flexibility index (Phi) is 7.08. The van der Waals surface area contributed by atoms with Gasteiger partial charge < -0.3 is 10.6 Å². The summed E-state index contributed by atoms with van der Waals surface area (Å²) in [6.07, 6.45) is 8.34. The van der Waals surface area contributed by atoms with Crippen LogP contribution in [-0.4, -0.2) is 32.6 Å². The average Bonchev–Trinajstić information content (AvgIpc) is 3.26. The molecule has 2 heterocycles. The topological polar surface area (TPSA) is 88.9 Å². The minimum atomic E-state index is -0.605. The van der Waals surface area contributed by atoms with Crippen LogP contribution in [0.25, 0.3) is 11.1 Å². The molecule has 4 rings (SSSR count). The lowest BCUT2D eigenvalue weighted by Gasteiger charge is -2.30. The summed E-state index contributed by atoms with van der Waals surface area (Å²) in [5.74, 6) is -0.388. The highest BCUT2D eigenvalue weighted by Gasteiger charge is 2.31. The first kappa shape index (κ1) is 23.0. The van der Waals surface area contributed by atoms with Crippen molar-refractivity contribution in [2.24, 2.45) is 13.0 Å². The molecule has 1 atom stereocenters. The van der Waals surface area contributed by atoms with E-state index in [4.69, 9.17) is 11.6 Å². The van der Waals surface area contributed by atoms with Gasteiger partial charge in [0.05, 0.1) is 5.02 Å². The number of carbonyl (C=O) groups excluding carboxylic acids is 2. The SMILES string of the molecule is Cc1ncc(Cl)cc1-c1ccc(NC(=O)C(NC(=O)c2ccnn2C)C2CCCCC2)cc1. The molecule has 7 nitrogen and oxygen atoms in total. The molecule has 1 saturated carbocycles.